The Morgan fingerprint density at radius 2 is 1.29 bits per heavy atom. The molecule has 0 saturated heterocycles. The fourth-order valence-corrected chi connectivity index (χ4v) is 1.36. The summed E-state index contributed by atoms with van der Waals surface area (Å²) >= 11 is 0. The molecule has 0 spiro atoms. The second kappa shape index (κ2) is 11.2. The van der Waals surface area contributed by atoms with E-state index in [0.717, 1.165) is 6.29 Å². The van der Waals surface area contributed by atoms with Crippen LogP contribution in [0.4, 0.5) is 0 Å². The molecule has 0 unspecified atom stereocenters. The van der Waals surface area contributed by atoms with Crippen molar-refractivity contribution in [3.63, 3.8) is 0 Å². The predicted molar refractivity (Wildman–Crippen MR) is 92.4 cm³/mol. The summed E-state index contributed by atoms with van der Waals surface area (Å²) in [5, 5.41) is 8.58. The fourth-order valence-electron chi connectivity index (χ4n) is 1.36. The molecule has 0 rings (SSSR count). The SMILES string of the molecule is C[C@@H](CC=O)C(=O)OC(C)(C)C.C[C@@H](CCO)C(=O)OC(C)(C)C. The number of aliphatic hydroxyl groups is 1. The van der Waals surface area contributed by atoms with Gasteiger partial charge in [-0.25, -0.2) is 0 Å². The molecule has 6 heteroatoms. The molecule has 142 valence electrons. The third-order valence-electron chi connectivity index (χ3n) is 2.63. The van der Waals surface area contributed by atoms with E-state index in [2.05, 4.69) is 0 Å². The Balaban J connectivity index is 0. The van der Waals surface area contributed by atoms with E-state index in [0.29, 0.717) is 6.42 Å². The van der Waals surface area contributed by atoms with Gasteiger partial charge in [-0.15, -0.1) is 0 Å². The normalized spacial score (nSPS) is 13.9. The zero-order chi connectivity index (χ0) is 19.6. The van der Waals surface area contributed by atoms with E-state index in [-0.39, 0.29) is 36.8 Å². The first-order valence-corrected chi connectivity index (χ1v) is 8.23. The second-order valence-electron chi connectivity index (χ2n) is 7.78. The van der Waals surface area contributed by atoms with Crippen molar-refractivity contribution in [1.29, 1.82) is 0 Å². The number of aldehydes is 1. The molecule has 0 aromatic carbocycles. The van der Waals surface area contributed by atoms with Crippen LogP contribution >= 0.6 is 0 Å². The van der Waals surface area contributed by atoms with E-state index in [1.54, 1.807) is 34.6 Å². The summed E-state index contributed by atoms with van der Waals surface area (Å²) in [7, 11) is 0. The molecule has 0 aliphatic heterocycles. The number of hydrogen-bond donors (Lipinski definition) is 1. The number of esters is 2. The number of carbonyl (C=O) groups is 3. The Hall–Kier alpha value is -1.43. The van der Waals surface area contributed by atoms with Crippen LogP contribution in [0.3, 0.4) is 0 Å². The average Bonchev–Trinajstić information content (AvgIpc) is 2.36. The van der Waals surface area contributed by atoms with E-state index < -0.39 is 11.2 Å². The summed E-state index contributed by atoms with van der Waals surface area (Å²) in [4.78, 5) is 32.5. The van der Waals surface area contributed by atoms with Crippen molar-refractivity contribution in [2.75, 3.05) is 6.61 Å². The lowest BCUT2D eigenvalue weighted by molar-refractivity contribution is -0.160. The quantitative estimate of drug-likeness (QED) is 0.587. The van der Waals surface area contributed by atoms with Crippen LogP contribution in [0.5, 0.6) is 0 Å². The molecule has 0 aromatic heterocycles. The molecule has 0 amide bonds. The highest BCUT2D eigenvalue weighted by atomic mass is 16.6. The van der Waals surface area contributed by atoms with Crippen LogP contribution in [0.15, 0.2) is 0 Å². The summed E-state index contributed by atoms with van der Waals surface area (Å²) in [6.45, 7) is 14.4. The lowest BCUT2D eigenvalue weighted by atomic mass is 10.1. The maximum absolute atomic E-state index is 11.2. The molecule has 0 heterocycles. The molecule has 24 heavy (non-hydrogen) atoms. The van der Waals surface area contributed by atoms with Gasteiger partial charge in [-0.3, -0.25) is 9.59 Å². The summed E-state index contributed by atoms with van der Waals surface area (Å²) in [6.07, 6.45) is 1.43. The number of hydrogen-bond acceptors (Lipinski definition) is 6. The van der Waals surface area contributed by atoms with Crippen molar-refractivity contribution in [3.05, 3.63) is 0 Å². The monoisotopic (exact) mass is 346 g/mol. The lowest BCUT2D eigenvalue weighted by Crippen LogP contribution is -2.27. The second-order valence-corrected chi connectivity index (χ2v) is 7.78. The molecule has 2 atom stereocenters. The first-order chi connectivity index (χ1) is 10.7. The molecular weight excluding hydrogens is 312 g/mol. The molecule has 0 saturated carbocycles. The Labute approximate surface area is 145 Å². The summed E-state index contributed by atoms with van der Waals surface area (Å²) in [6, 6.07) is 0. The Morgan fingerprint density at radius 1 is 0.917 bits per heavy atom. The first-order valence-electron chi connectivity index (χ1n) is 8.23. The molecule has 1 N–H and O–H groups in total. The lowest BCUT2D eigenvalue weighted by Gasteiger charge is -2.21. The average molecular weight is 346 g/mol. The van der Waals surface area contributed by atoms with E-state index in [1.807, 2.05) is 20.8 Å². The van der Waals surface area contributed by atoms with Crippen LogP contribution in [0.2, 0.25) is 0 Å². The highest BCUT2D eigenvalue weighted by Gasteiger charge is 2.21. The van der Waals surface area contributed by atoms with Gasteiger partial charge in [-0.05, 0) is 48.0 Å². The van der Waals surface area contributed by atoms with Crippen LogP contribution < -0.4 is 0 Å². The number of ether oxygens (including phenoxy) is 2. The zero-order valence-corrected chi connectivity index (χ0v) is 16.3. The highest BCUT2D eigenvalue weighted by molar-refractivity contribution is 5.75. The zero-order valence-electron chi connectivity index (χ0n) is 16.3. The minimum Gasteiger partial charge on any atom is -0.460 e. The van der Waals surface area contributed by atoms with Gasteiger partial charge in [0, 0.05) is 13.0 Å². The van der Waals surface area contributed by atoms with Crippen molar-refractivity contribution < 1.29 is 29.0 Å². The fraction of sp³-hybridized carbons (Fsp3) is 0.833. The molecule has 0 bridgehead atoms. The van der Waals surface area contributed by atoms with Crippen LogP contribution in [-0.2, 0) is 23.9 Å². The molecule has 0 fully saturated rings. The standard InChI is InChI=1S/C9H18O3.C9H16O3/c2*1-7(5-6-10)8(11)12-9(2,3)4/h7,10H,5-6H2,1-4H3;6-7H,5H2,1-4H3/t2*7-/m00/s1. The van der Waals surface area contributed by atoms with E-state index in [1.165, 1.54) is 0 Å². The van der Waals surface area contributed by atoms with Crippen molar-refractivity contribution in [1.82, 2.24) is 0 Å². The summed E-state index contributed by atoms with van der Waals surface area (Å²) in [5.74, 6) is -1.10. The molecule has 0 aromatic rings. The van der Waals surface area contributed by atoms with Crippen LogP contribution in [0, 0.1) is 11.8 Å². The van der Waals surface area contributed by atoms with Gasteiger partial charge < -0.3 is 19.4 Å². The van der Waals surface area contributed by atoms with Crippen molar-refractivity contribution in [2.45, 2.75) is 79.4 Å². The first kappa shape index (κ1) is 24.8. The Bertz CT molecular complexity index is 389. The van der Waals surface area contributed by atoms with Crippen LogP contribution in [0.25, 0.3) is 0 Å². The largest absolute Gasteiger partial charge is 0.460 e. The maximum atomic E-state index is 11.2. The van der Waals surface area contributed by atoms with Gasteiger partial charge in [-0.2, -0.15) is 0 Å². The van der Waals surface area contributed by atoms with Gasteiger partial charge in [0.05, 0.1) is 11.8 Å². The topological polar surface area (TPSA) is 89.9 Å². The maximum Gasteiger partial charge on any atom is 0.309 e. The molecular formula is C18H34O6. The predicted octanol–water partition coefficient (Wildman–Crippen LogP) is 2.90. The highest BCUT2D eigenvalue weighted by Crippen LogP contribution is 2.13. The van der Waals surface area contributed by atoms with Crippen molar-refractivity contribution in [3.8, 4) is 0 Å². The number of aliphatic hydroxyl groups excluding tert-OH is 1. The number of rotatable bonds is 6. The Kier molecular flexibility index (Phi) is 11.6. The van der Waals surface area contributed by atoms with E-state index in [4.69, 9.17) is 14.6 Å². The number of carbonyl (C=O) groups excluding carboxylic acids is 3. The molecule has 0 aliphatic rings. The molecule has 6 nitrogen and oxygen atoms in total. The van der Waals surface area contributed by atoms with Gasteiger partial charge in [0.2, 0.25) is 0 Å². The molecule has 0 radical (unpaired) electrons. The van der Waals surface area contributed by atoms with Gasteiger partial charge in [0.25, 0.3) is 0 Å². The van der Waals surface area contributed by atoms with Crippen molar-refractivity contribution >= 4 is 18.2 Å². The summed E-state index contributed by atoms with van der Waals surface area (Å²) in [5.41, 5.74) is -0.894. The van der Waals surface area contributed by atoms with Crippen molar-refractivity contribution in [2.24, 2.45) is 11.8 Å². The van der Waals surface area contributed by atoms with Gasteiger partial charge in [0.15, 0.2) is 0 Å². The third-order valence-corrected chi connectivity index (χ3v) is 2.63. The van der Waals surface area contributed by atoms with Gasteiger partial charge in [-0.1, -0.05) is 13.8 Å². The smallest absolute Gasteiger partial charge is 0.309 e. The molecule has 0 aliphatic carbocycles. The minimum atomic E-state index is -0.464. The van der Waals surface area contributed by atoms with Gasteiger partial charge in [0.1, 0.15) is 17.5 Å². The van der Waals surface area contributed by atoms with Crippen LogP contribution in [-0.4, -0.2) is 41.1 Å². The Morgan fingerprint density at radius 3 is 1.58 bits per heavy atom. The summed E-state index contributed by atoms with van der Waals surface area (Å²) < 4.78 is 10.2. The third kappa shape index (κ3) is 15.5. The van der Waals surface area contributed by atoms with E-state index in [9.17, 15) is 14.4 Å². The van der Waals surface area contributed by atoms with Crippen LogP contribution in [0.1, 0.15) is 68.2 Å². The van der Waals surface area contributed by atoms with E-state index >= 15 is 0 Å². The van der Waals surface area contributed by atoms with Gasteiger partial charge >= 0.3 is 11.9 Å². The minimum absolute atomic E-state index is 0.0282.